The molecule has 5 rings (SSSR count). The Kier molecular flexibility index (Phi) is 6.64. The molecule has 0 bridgehead atoms. The van der Waals surface area contributed by atoms with Crippen molar-refractivity contribution >= 4 is 38.7 Å². The highest BCUT2D eigenvalue weighted by molar-refractivity contribution is 7.91. The Labute approximate surface area is 223 Å². The van der Waals surface area contributed by atoms with Gasteiger partial charge in [-0.15, -0.1) is 0 Å². The van der Waals surface area contributed by atoms with Gasteiger partial charge in [0.1, 0.15) is 11.3 Å². The first kappa shape index (κ1) is 25.4. The fraction of sp³-hybridized carbons (Fsp3) is 0.154. The van der Waals surface area contributed by atoms with Gasteiger partial charge in [0.2, 0.25) is 9.84 Å². The Morgan fingerprint density at radius 2 is 1.87 bits per heavy atom. The summed E-state index contributed by atoms with van der Waals surface area (Å²) in [6.45, 7) is 4.63. The van der Waals surface area contributed by atoms with E-state index in [4.69, 9.17) is 16.3 Å². The van der Waals surface area contributed by atoms with Crippen LogP contribution in [0.15, 0.2) is 76.9 Å². The van der Waals surface area contributed by atoms with Crippen molar-refractivity contribution < 1.29 is 17.9 Å². The number of hydrogen-bond acceptors (Lipinski definition) is 7. The van der Waals surface area contributed by atoms with Crippen LogP contribution in [0.25, 0.3) is 16.9 Å². The summed E-state index contributed by atoms with van der Waals surface area (Å²) in [6.07, 6.45) is 4.95. The number of halogens is 1. The van der Waals surface area contributed by atoms with Crippen molar-refractivity contribution in [2.45, 2.75) is 30.2 Å². The molecule has 0 atom stereocenters. The number of hydrogen-bond donors (Lipinski definition) is 1. The van der Waals surface area contributed by atoms with Crippen LogP contribution < -0.4 is 10.1 Å². The van der Waals surface area contributed by atoms with Gasteiger partial charge >= 0.3 is 0 Å². The zero-order chi connectivity index (χ0) is 27.0. The highest BCUT2D eigenvalue weighted by Crippen LogP contribution is 2.30. The van der Waals surface area contributed by atoms with E-state index in [2.05, 4.69) is 20.5 Å². The monoisotopic (exact) mass is 550 g/mol. The lowest BCUT2D eigenvalue weighted by Crippen LogP contribution is -2.13. The zero-order valence-electron chi connectivity index (χ0n) is 20.7. The fourth-order valence-electron chi connectivity index (χ4n) is 4.05. The third-order valence-electron chi connectivity index (χ3n) is 6.00. The minimum Gasteiger partial charge on any atom is -0.497 e. The van der Waals surface area contributed by atoms with Crippen LogP contribution in [0, 0.1) is 6.92 Å². The largest absolute Gasteiger partial charge is 0.497 e. The number of benzene rings is 2. The average molecular weight is 551 g/mol. The number of nitrogens with zero attached hydrogens (tertiary/aromatic N) is 5. The van der Waals surface area contributed by atoms with Crippen molar-refractivity contribution in [2.24, 2.45) is 0 Å². The van der Waals surface area contributed by atoms with Gasteiger partial charge in [0.15, 0.2) is 5.65 Å². The van der Waals surface area contributed by atoms with E-state index in [9.17, 15) is 13.2 Å². The van der Waals surface area contributed by atoms with Crippen molar-refractivity contribution in [1.82, 2.24) is 24.4 Å². The third kappa shape index (κ3) is 4.61. The molecule has 38 heavy (non-hydrogen) atoms. The number of ether oxygens (including phenoxy) is 1. The Morgan fingerprint density at radius 3 is 2.55 bits per heavy atom. The summed E-state index contributed by atoms with van der Waals surface area (Å²) in [6, 6.07) is 11.9. The molecule has 0 aliphatic carbocycles. The summed E-state index contributed by atoms with van der Waals surface area (Å²) in [5.74, 6) is -0.243. The van der Waals surface area contributed by atoms with Gasteiger partial charge in [-0.3, -0.25) is 9.48 Å². The van der Waals surface area contributed by atoms with E-state index in [1.54, 1.807) is 10.7 Å². The maximum absolute atomic E-state index is 13.3. The van der Waals surface area contributed by atoms with E-state index < -0.39 is 15.7 Å². The number of anilines is 1. The minimum atomic E-state index is -3.90. The molecule has 1 N–H and O–H groups in total. The number of nitrogens with one attached hydrogen (secondary N) is 1. The Bertz CT molecular complexity index is 1780. The van der Waals surface area contributed by atoms with Crippen molar-refractivity contribution in [3.63, 3.8) is 0 Å². The predicted molar refractivity (Wildman–Crippen MR) is 142 cm³/mol. The number of fused-ring (bicyclic) bond motifs is 1. The molecule has 3 aromatic heterocycles. The van der Waals surface area contributed by atoms with Gasteiger partial charge in [0, 0.05) is 41.3 Å². The molecule has 0 aliphatic heterocycles. The van der Waals surface area contributed by atoms with Crippen molar-refractivity contribution in [3.8, 4) is 17.0 Å². The predicted octanol–water partition coefficient (Wildman–Crippen LogP) is 4.67. The number of amides is 1. The van der Waals surface area contributed by atoms with Crippen LogP contribution in [-0.4, -0.2) is 45.8 Å². The molecule has 0 saturated heterocycles. The summed E-state index contributed by atoms with van der Waals surface area (Å²) >= 11 is 5.91. The second kappa shape index (κ2) is 9.92. The number of carbonyl (C=O) groups is 1. The van der Waals surface area contributed by atoms with Gasteiger partial charge in [0.25, 0.3) is 5.91 Å². The normalized spacial score (nSPS) is 11.6. The number of methoxy groups -OCH3 is 1. The molecule has 0 spiro atoms. The van der Waals surface area contributed by atoms with Crippen LogP contribution >= 0.6 is 11.6 Å². The number of sulfone groups is 1. The van der Waals surface area contributed by atoms with Gasteiger partial charge in [-0.1, -0.05) is 11.6 Å². The molecular weight excluding hydrogens is 528 g/mol. The molecule has 0 unspecified atom stereocenters. The summed E-state index contributed by atoms with van der Waals surface area (Å²) in [5.41, 5.74) is 3.24. The van der Waals surface area contributed by atoms with Crippen LogP contribution in [0.3, 0.4) is 0 Å². The number of aryl methyl sites for hydroxylation is 2. The summed E-state index contributed by atoms with van der Waals surface area (Å²) in [4.78, 5) is 17.7. The lowest BCUT2D eigenvalue weighted by Gasteiger charge is -2.11. The lowest BCUT2D eigenvalue weighted by atomic mass is 10.2. The molecule has 3 heterocycles. The van der Waals surface area contributed by atoms with Gasteiger partial charge in [-0.25, -0.2) is 17.9 Å². The van der Waals surface area contributed by atoms with E-state index in [1.165, 1.54) is 55.8 Å². The van der Waals surface area contributed by atoms with E-state index in [0.29, 0.717) is 10.7 Å². The Hall–Kier alpha value is -4.22. The molecule has 0 fully saturated rings. The summed E-state index contributed by atoms with van der Waals surface area (Å²) < 4.78 is 35.2. The first-order valence-electron chi connectivity index (χ1n) is 11.6. The topological polar surface area (TPSA) is 120 Å². The lowest BCUT2D eigenvalue weighted by molar-refractivity contribution is 0.102. The van der Waals surface area contributed by atoms with E-state index in [0.717, 1.165) is 23.5 Å². The quantitative estimate of drug-likeness (QED) is 0.312. The summed E-state index contributed by atoms with van der Waals surface area (Å²) in [7, 11) is -2.49. The zero-order valence-corrected chi connectivity index (χ0v) is 22.3. The second-order valence-electron chi connectivity index (χ2n) is 8.42. The standard InChI is InChI=1S/C26H23ClN6O4S/c1-4-32-15-23(16(2)31-32)24-9-10-28-25-22(14-29-33(24)25)26(34)30-18-11-19(37-3)13-21(12-18)38(35,36)20-7-5-17(27)6-8-20/h5-15H,4H2,1-3H3,(H,30,34). The van der Waals surface area contributed by atoms with Gasteiger partial charge in [0.05, 0.1) is 34.5 Å². The van der Waals surface area contributed by atoms with E-state index in [-0.39, 0.29) is 26.8 Å². The maximum atomic E-state index is 13.3. The van der Waals surface area contributed by atoms with Crippen LogP contribution in [-0.2, 0) is 16.4 Å². The van der Waals surface area contributed by atoms with E-state index in [1.807, 2.05) is 30.8 Å². The Morgan fingerprint density at radius 1 is 1.11 bits per heavy atom. The first-order valence-corrected chi connectivity index (χ1v) is 13.5. The molecule has 0 radical (unpaired) electrons. The van der Waals surface area contributed by atoms with Crippen molar-refractivity contribution in [1.29, 1.82) is 0 Å². The molecule has 0 saturated carbocycles. The van der Waals surface area contributed by atoms with E-state index >= 15 is 0 Å². The van der Waals surface area contributed by atoms with Crippen LogP contribution in [0.1, 0.15) is 23.0 Å². The Balaban J connectivity index is 1.50. The number of aromatic nitrogens is 5. The molecule has 194 valence electrons. The number of rotatable bonds is 7. The molecule has 2 aromatic carbocycles. The average Bonchev–Trinajstić information content (AvgIpc) is 3.52. The van der Waals surface area contributed by atoms with Crippen LogP contribution in [0.5, 0.6) is 5.75 Å². The second-order valence-corrected chi connectivity index (χ2v) is 10.8. The molecule has 1 amide bonds. The first-order chi connectivity index (χ1) is 18.2. The molecule has 5 aromatic rings. The van der Waals surface area contributed by atoms with Gasteiger partial charge < -0.3 is 10.1 Å². The van der Waals surface area contributed by atoms with Crippen LogP contribution in [0.4, 0.5) is 5.69 Å². The van der Waals surface area contributed by atoms with Crippen LogP contribution in [0.2, 0.25) is 5.02 Å². The third-order valence-corrected chi connectivity index (χ3v) is 8.00. The highest BCUT2D eigenvalue weighted by Gasteiger charge is 2.22. The smallest absolute Gasteiger partial charge is 0.261 e. The number of carbonyl (C=O) groups excluding carboxylic acids is 1. The van der Waals surface area contributed by atoms with Gasteiger partial charge in [-0.05, 0) is 56.3 Å². The highest BCUT2D eigenvalue weighted by atomic mass is 35.5. The van der Waals surface area contributed by atoms with Gasteiger partial charge in [-0.2, -0.15) is 10.2 Å². The molecular formula is C26H23ClN6O4S. The summed E-state index contributed by atoms with van der Waals surface area (Å²) in [5, 5.41) is 12.1. The van der Waals surface area contributed by atoms with Crippen molar-refractivity contribution in [3.05, 3.63) is 83.4 Å². The molecule has 12 heteroatoms. The minimum absolute atomic E-state index is 0.0434. The SMILES string of the molecule is CCn1cc(-c2ccnc3c(C(=O)Nc4cc(OC)cc(S(=O)(=O)c5ccc(Cl)cc5)c4)cnn23)c(C)n1. The molecule has 0 aliphatic rings. The molecule has 10 nitrogen and oxygen atoms in total. The van der Waals surface area contributed by atoms with Crippen molar-refractivity contribution in [2.75, 3.05) is 12.4 Å². The maximum Gasteiger partial charge on any atom is 0.261 e. The fourth-order valence-corrected chi connectivity index (χ4v) is 5.50.